The summed E-state index contributed by atoms with van der Waals surface area (Å²) in [4.78, 5) is 0. The summed E-state index contributed by atoms with van der Waals surface area (Å²) in [6.45, 7) is 6.27. The van der Waals surface area contributed by atoms with Crippen LogP contribution in [0.1, 0.15) is 43.4 Å². The summed E-state index contributed by atoms with van der Waals surface area (Å²) in [6, 6.07) is 15.7. The van der Waals surface area contributed by atoms with Gasteiger partial charge in [0.1, 0.15) is 5.82 Å². The van der Waals surface area contributed by atoms with E-state index < -0.39 is 8.84 Å². The quantitative estimate of drug-likeness (QED) is 0.626. The molecule has 27 heavy (non-hydrogen) atoms. The van der Waals surface area contributed by atoms with Crippen molar-refractivity contribution in [2.75, 3.05) is 7.05 Å². The summed E-state index contributed by atoms with van der Waals surface area (Å²) in [5.74, 6) is -0.0571. The topological polar surface area (TPSA) is 20.3 Å². The van der Waals surface area contributed by atoms with E-state index >= 15 is 0 Å². The molecule has 2 nitrogen and oxygen atoms in total. The summed E-state index contributed by atoms with van der Waals surface area (Å²) < 4.78 is 28.2. The van der Waals surface area contributed by atoms with Crippen LogP contribution in [0, 0.1) is 5.82 Å². The van der Waals surface area contributed by atoms with Gasteiger partial charge in [-0.05, 0) is 56.0 Å². The van der Waals surface area contributed by atoms with Crippen LogP contribution < -0.4 is 0 Å². The third-order valence-corrected chi connectivity index (χ3v) is 7.42. The van der Waals surface area contributed by atoms with Crippen LogP contribution in [0.15, 0.2) is 54.1 Å². The van der Waals surface area contributed by atoms with Gasteiger partial charge in [0.05, 0.1) is 0 Å². The zero-order valence-electron chi connectivity index (χ0n) is 16.4. The minimum atomic E-state index is -1.90. The van der Waals surface area contributed by atoms with Gasteiger partial charge in [-0.2, -0.15) is 0 Å². The van der Waals surface area contributed by atoms with E-state index in [4.69, 9.17) is 0 Å². The summed E-state index contributed by atoms with van der Waals surface area (Å²) in [5, 5.41) is 0. The Balaban J connectivity index is 0.00000261. The minimum Gasteiger partial charge on any atom is -0.375 e. The molecule has 0 saturated heterocycles. The van der Waals surface area contributed by atoms with Crippen LogP contribution in [0.5, 0.6) is 0 Å². The molecule has 0 saturated carbocycles. The van der Waals surface area contributed by atoms with Crippen molar-refractivity contribution in [3.8, 4) is 0 Å². The molecule has 1 atom stereocenters. The van der Waals surface area contributed by atoms with Gasteiger partial charge in [-0.3, -0.25) is 0 Å². The number of fused-ring (bicyclic) bond motifs is 1. The largest absolute Gasteiger partial charge is 4.00 e. The molecule has 136 valence electrons. The van der Waals surface area contributed by atoms with Crippen molar-refractivity contribution >= 4 is 14.9 Å². The Morgan fingerprint density at radius 1 is 1.07 bits per heavy atom. The Kier molecular flexibility index (Phi) is 7.12. The molecule has 0 fully saturated rings. The molecule has 1 aliphatic rings. The molecule has 3 rings (SSSR count). The van der Waals surface area contributed by atoms with E-state index in [1.54, 1.807) is 0 Å². The second-order valence-corrected chi connectivity index (χ2v) is 9.90. The summed E-state index contributed by atoms with van der Waals surface area (Å²) in [7, 11) is 0.0527. The Hall–Kier alpha value is -1.36. The summed E-state index contributed by atoms with van der Waals surface area (Å²) in [6.07, 6.45) is 2.98. The van der Waals surface area contributed by atoms with Gasteiger partial charge in [-0.1, -0.05) is 48.0 Å². The molecular weight excluding hydrogens is 389 g/mol. The third-order valence-electron chi connectivity index (χ3n) is 5.24. The van der Waals surface area contributed by atoms with Crippen molar-refractivity contribution in [1.29, 1.82) is 0 Å². The van der Waals surface area contributed by atoms with Crippen LogP contribution in [0.4, 0.5) is 4.39 Å². The predicted octanol–water partition coefficient (Wildman–Crippen LogP) is 5.20. The molecule has 0 spiro atoms. The fraction of sp³-hybridized carbons (Fsp3) is 0.364. The van der Waals surface area contributed by atoms with Gasteiger partial charge >= 0.3 is 30.6 Å². The van der Waals surface area contributed by atoms with E-state index in [0.29, 0.717) is 6.04 Å². The Labute approximate surface area is 178 Å². The smallest absolute Gasteiger partial charge is 0.375 e. The van der Waals surface area contributed by atoms with Gasteiger partial charge in [0.15, 0.2) is 0 Å². The first kappa shape index (κ1) is 21.9. The Morgan fingerprint density at radius 2 is 1.70 bits per heavy atom. The van der Waals surface area contributed by atoms with E-state index in [1.165, 1.54) is 28.8 Å². The molecule has 0 bridgehead atoms. The maximum Gasteiger partial charge on any atom is 4.00 e. The Morgan fingerprint density at radius 3 is 2.33 bits per heavy atom. The normalized spacial score (nSPS) is 15.6. The number of hydrogen-bond donors (Lipinski definition) is 0. The number of nitrogens with zero attached hydrogens (tertiary/aromatic N) is 1. The number of halogens is 1. The van der Waals surface area contributed by atoms with Gasteiger partial charge < -0.3 is 9.03 Å². The zero-order valence-corrected chi connectivity index (χ0v) is 19.0. The molecule has 0 radical (unpaired) electrons. The Bertz CT molecular complexity index is 842. The van der Waals surface area contributed by atoms with E-state index in [9.17, 15) is 8.85 Å². The molecular formula is C22H26FNOSiTi+4. The molecule has 1 aliphatic carbocycles. The van der Waals surface area contributed by atoms with Crippen molar-refractivity contribution in [1.82, 2.24) is 4.57 Å². The first-order chi connectivity index (χ1) is 12.3. The van der Waals surface area contributed by atoms with Crippen molar-refractivity contribution in [3.63, 3.8) is 0 Å². The minimum absolute atomic E-state index is 0. The molecule has 1 unspecified atom stereocenters. The average Bonchev–Trinajstić information content (AvgIpc) is 2.93. The number of benzene rings is 2. The molecule has 2 aromatic rings. The second kappa shape index (κ2) is 8.76. The van der Waals surface area contributed by atoms with Gasteiger partial charge in [0.2, 0.25) is 0 Å². The van der Waals surface area contributed by atoms with Crippen LogP contribution in [-0.4, -0.2) is 26.0 Å². The SMILES string of the molecule is CN([Si](=O)CC1C(Cc2ccc(F)cc2)=Cc2ccccc21)C(C)(C)C.[Ti+4]. The number of rotatable bonds is 5. The molecule has 0 heterocycles. The van der Waals surface area contributed by atoms with Gasteiger partial charge in [0.25, 0.3) is 0 Å². The van der Waals surface area contributed by atoms with Crippen LogP contribution in [0.25, 0.3) is 6.08 Å². The molecule has 0 amide bonds. The average molecular weight is 415 g/mol. The van der Waals surface area contributed by atoms with Crippen LogP contribution in [-0.2, 0) is 32.6 Å². The number of hydrogen-bond acceptors (Lipinski definition) is 1. The predicted molar refractivity (Wildman–Crippen MR) is 106 cm³/mol. The van der Waals surface area contributed by atoms with Crippen molar-refractivity contribution < 1.29 is 30.6 Å². The maximum atomic E-state index is 13.2. The van der Waals surface area contributed by atoms with Crippen LogP contribution in [0.3, 0.4) is 0 Å². The number of allylic oxidation sites excluding steroid dienone is 1. The van der Waals surface area contributed by atoms with Crippen molar-refractivity contribution in [2.24, 2.45) is 0 Å². The molecule has 0 N–H and O–H groups in total. The fourth-order valence-corrected chi connectivity index (χ4v) is 5.25. The van der Waals surface area contributed by atoms with Crippen molar-refractivity contribution in [2.45, 2.75) is 44.7 Å². The summed E-state index contributed by atoms with van der Waals surface area (Å²) in [5.41, 5.74) is 4.69. The maximum absolute atomic E-state index is 13.2. The van der Waals surface area contributed by atoms with E-state index in [1.807, 2.05) is 35.9 Å². The van der Waals surface area contributed by atoms with E-state index in [2.05, 4.69) is 39.0 Å². The van der Waals surface area contributed by atoms with E-state index in [0.717, 1.165) is 12.0 Å². The standard InChI is InChI=1S/C22H26FNOSi.Ti/c1-22(2,3)24(4)26(25)15-21-18(13-16-9-11-19(23)12-10-16)14-17-7-5-6-8-20(17)21;/h5-12,14,21H,13,15H2,1-4H3;/q;+4. The monoisotopic (exact) mass is 415 g/mol. The van der Waals surface area contributed by atoms with Gasteiger partial charge in [-0.25, -0.2) is 4.39 Å². The first-order valence-corrected chi connectivity index (χ1v) is 10.6. The summed E-state index contributed by atoms with van der Waals surface area (Å²) >= 11 is 0. The van der Waals surface area contributed by atoms with Crippen molar-refractivity contribution in [3.05, 3.63) is 76.6 Å². The van der Waals surface area contributed by atoms with Crippen LogP contribution >= 0.6 is 0 Å². The molecule has 2 aromatic carbocycles. The molecule has 0 aromatic heterocycles. The fourth-order valence-electron chi connectivity index (χ4n) is 3.40. The van der Waals surface area contributed by atoms with E-state index in [-0.39, 0.29) is 39.0 Å². The second-order valence-electron chi connectivity index (χ2n) is 8.03. The molecule has 0 aliphatic heterocycles. The van der Waals surface area contributed by atoms with Gasteiger partial charge in [0, 0.05) is 24.5 Å². The first-order valence-electron chi connectivity index (χ1n) is 9.06. The molecule has 5 heteroatoms. The van der Waals surface area contributed by atoms with Gasteiger partial charge in [-0.15, -0.1) is 0 Å². The zero-order chi connectivity index (χ0) is 18.9. The van der Waals surface area contributed by atoms with Crippen LogP contribution in [0.2, 0.25) is 6.04 Å². The third kappa shape index (κ3) is 5.13.